The van der Waals surface area contributed by atoms with E-state index in [1.807, 2.05) is 6.92 Å². The largest absolute Gasteiger partial charge is 0.496 e. The minimum Gasteiger partial charge on any atom is -0.496 e. The van der Waals surface area contributed by atoms with E-state index in [4.69, 9.17) is 10.5 Å². The van der Waals surface area contributed by atoms with Crippen LogP contribution in [0.3, 0.4) is 0 Å². The molecule has 0 heterocycles. The van der Waals surface area contributed by atoms with Gasteiger partial charge in [0.25, 0.3) is 0 Å². The number of hydrogen-bond donors (Lipinski definition) is 1. The predicted molar refractivity (Wildman–Crippen MR) is 59.7 cm³/mol. The minimum atomic E-state index is -1.72. The lowest BCUT2D eigenvalue weighted by molar-refractivity contribution is 0.154. The SMILES string of the molecule is CCCC(F)(CN)c1cc(F)ccc1OC. The lowest BCUT2D eigenvalue weighted by Gasteiger charge is -2.25. The van der Waals surface area contributed by atoms with Crippen molar-refractivity contribution in [2.45, 2.75) is 25.4 Å². The summed E-state index contributed by atoms with van der Waals surface area (Å²) in [6, 6.07) is 3.82. The van der Waals surface area contributed by atoms with Crippen molar-refractivity contribution in [2.24, 2.45) is 5.73 Å². The Bertz CT molecular complexity index is 357. The van der Waals surface area contributed by atoms with Crippen molar-refractivity contribution in [3.05, 3.63) is 29.6 Å². The third kappa shape index (κ3) is 2.50. The van der Waals surface area contributed by atoms with E-state index < -0.39 is 11.5 Å². The lowest BCUT2D eigenvalue weighted by atomic mass is 9.90. The first-order valence-electron chi connectivity index (χ1n) is 5.30. The molecule has 0 amide bonds. The molecule has 1 unspecified atom stereocenters. The van der Waals surface area contributed by atoms with Crippen LogP contribution in [0.25, 0.3) is 0 Å². The second-order valence-corrected chi connectivity index (χ2v) is 3.76. The average Bonchev–Trinajstić information content (AvgIpc) is 2.29. The molecule has 16 heavy (non-hydrogen) atoms. The molecule has 4 heteroatoms. The van der Waals surface area contributed by atoms with Gasteiger partial charge in [-0.05, 0) is 24.6 Å². The molecule has 1 aromatic carbocycles. The van der Waals surface area contributed by atoms with Crippen LogP contribution in [-0.2, 0) is 5.67 Å². The first-order valence-corrected chi connectivity index (χ1v) is 5.30. The van der Waals surface area contributed by atoms with E-state index >= 15 is 0 Å². The molecular formula is C12H17F2NO. The molecule has 0 aliphatic carbocycles. The van der Waals surface area contributed by atoms with Gasteiger partial charge in [0.2, 0.25) is 0 Å². The molecule has 0 radical (unpaired) electrons. The van der Waals surface area contributed by atoms with E-state index in [1.54, 1.807) is 0 Å². The van der Waals surface area contributed by atoms with E-state index in [0.29, 0.717) is 12.2 Å². The summed E-state index contributed by atoms with van der Waals surface area (Å²) in [7, 11) is 1.43. The highest BCUT2D eigenvalue weighted by atomic mass is 19.1. The molecule has 0 bridgehead atoms. The second kappa shape index (κ2) is 5.25. The van der Waals surface area contributed by atoms with E-state index in [0.717, 1.165) is 6.07 Å². The molecule has 1 atom stereocenters. The van der Waals surface area contributed by atoms with Gasteiger partial charge in [0, 0.05) is 12.1 Å². The molecule has 2 N–H and O–H groups in total. The Morgan fingerprint density at radius 3 is 2.62 bits per heavy atom. The third-order valence-corrected chi connectivity index (χ3v) is 2.61. The number of alkyl halides is 1. The van der Waals surface area contributed by atoms with E-state index in [2.05, 4.69) is 0 Å². The Morgan fingerprint density at radius 2 is 2.12 bits per heavy atom. The van der Waals surface area contributed by atoms with Gasteiger partial charge in [-0.1, -0.05) is 13.3 Å². The Morgan fingerprint density at radius 1 is 1.44 bits per heavy atom. The van der Waals surface area contributed by atoms with Gasteiger partial charge in [0.15, 0.2) is 5.67 Å². The van der Waals surface area contributed by atoms with Crippen LogP contribution in [0.4, 0.5) is 8.78 Å². The third-order valence-electron chi connectivity index (χ3n) is 2.61. The van der Waals surface area contributed by atoms with Crippen LogP contribution in [0, 0.1) is 5.82 Å². The quantitative estimate of drug-likeness (QED) is 0.842. The van der Waals surface area contributed by atoms with Crippen LogP contribution < -0.4 is 10.5 Å². The van der Waals surface area contributed by atoms with Crippen molar-refractivity contribution in [1.82, 2.24) is 0 Å². The van der Waals surface area contributed by atoms with Crippen LogP contribution in [0.5, 0.6) is 5.75 Å². The zero-order valence-corrected chi connectivity index (χ0v) is 9.59. The van der Waals surface area contributed by atoms with Crippen LogP contribution in [0.2, 0.25) is 0 Å². The van der Waals surface area contributed by atoms with Crippen molar-refractivity contribution in [1.29, 1.82) is 0 Å². The summed E-state index contributed by atoms with van der Waals surface area (Å²) in [6.07, 6.45) is 0.886. The fourth-order valence-corrected chi connectivity index (χ4v) is 1.77. The summed E-state index contributed by atoms with van der Waals surface area (Å²) in [4.78, 5) is 0. The van der Waals surface area contributed by atoms with Gasteiger partial charge in [-0.2, -0.15) is 0 Å². The molecule has 0 fully saturated rings. The Labute approximate surface area is 94.4 Å². The maximum Gasteiger partial charge on any atom is 0.151 e. The van der Waals surface area contributed by atoms with Gasteiger partial charge >= 0.3 is 0 Å². The molecule has 0 spiro atoms. The van der Waals surface area contributed by atoms with Crippen LogP contribution in [0.1, 0.15) is 25.3 Å². The zero-order chi connectivity index (χ0) is 12.2. The molecule has 90 valence electrons. The second-order valence-electron chi connectivity index (χ2n) is 3.76. The van der Waals surface area contributed by atoms with Crippen LogP contribution >= 0.6 is 0 Å². The first-order chi connectivity index (χ1) is 7.57. The number of benzene rings is 1. The number of hydrogen-bond acceptors (Lipinski definition) is 2. The Hall–Kier alpha value is -1.16. The van der Waals surface area contributed by atoms with Gasteiger partial charge in [-0.3, -0.25) is 0 Å². The number of halogens is 2. The van der Waals surface area contributed by atoms with Crippen LogP contribution in [0.15, 0.2) is 18.2 Å². The number of ether oxygens (including phenoxy) is 1. The molecular weight excluding hydrogens is 212 g/mol. The highest BCUT2D eigenvalue weighted by Gasteiger charge is 2.32. The normalized spacial score (nSPS) is 14.6. The van der Waals surface area contributed by atoms with Gasteiger partial charge < -0.3 is 10.5 Å². The monoisotopic (exact) mass is 229 g/mol. The minimum absolute atomic E-state index is 0.180. The molecule has 0 saturated carbocycles. The first kappa shape index (κ1) is 12.9. The fourth-order valence-electron chi connectivity index (χ4n) is 1.77. The predicted octanol–water partition coefficient (Wildman–Crippen LogP) is 2.76. The molecule has 0 aliphatic rings. The highest BCUT2D eigenvalue weighted by Crippen LogP contribution is 2.36. The standard InChI is InChI=1S/C12H17F2NO/c1-3-6-12(14,8-15)10-7-9(13)4-5-11(10)16-2/h4-5,7H,3,6,8,15H2,1-2H3. The van der Waals surface area contributed by atoms with Gasteiger partial charge in [0.1, 0.15) is 11.6 Å². The summed E-state index contributed by atoms with van der Waals surface area (Å²) in [6.45, 7) is 1.68. The summed E-state index contributed by atoms with van der Waals surface area (Å²) >= 11 is 0. The number of methoxy groups -OCH3 is 1. The van der Waals surface area contributed by atoms with Crippen molar-refractivity contribution >= 4 is 0 Å². The maximum atomic E-state index is 14.5. The summed E-state index contributed by atoms with van der Waals surface area (Å²) in [5, 5.41) is 0. The van der Waals surface area contributed by atoms with Crippen molar-refractivity contribution in [3.8, 4) is 5.75 Å². The number of nitrogens with two attached hydrogens (primary N) is 1. The van der Waals surface area contributed by atoms with E-state index in [1.165, 1.54) is 19.2 Å². The Balaban J connectivity index is 3.21. The maximum absolute atomic E-state index is 14.5. The zero-order valence-electron chi connectivity index (χ0n) is 9.59. The van der Waals surface area contributed by atoms with Crippen molar-refractivity contribution < 1.29 is 13.5 Å². The molecule has 0 aliphatic heterocycles. The van der Waals surface area contributed by atoms with E-state index in [-0.39, 0.29) is 18.5 Å². The summed E-state index contributed by atoms with van der Waals surface area (Å²) in [5.41, 5.74) is 3.92. The summed E-state index contributed by atoms with van der Waals surface area (Å²) < 4.78 is 32.7. The topological polar surface area (TPSA) is 35.2 Å². The van der Waals surface area contributed by atoms with Gasteiger partial charge in [-0.15, -0.1) is 0 Å². The lowest BCUT2D eigenvalue weighted by Crippen LogP contribution is -2.30. The molecule has 1 aromatic rings. The molecule has 0 aromatic heterocycles. The van der Waals surface area contributed by atoms with E-state index in [9.17, 15) is 8.78 Å². The van der Waals surface area contributed by atoms with Gasteiger partial charge in [0.05, 0.1) is 7.11 Å². The van der Waals surface area contributed by atoms with Crippen molar-refractivity contribution in [3.63, 3.8) is 0 Å². The highest BCUT2D eigenvalue weighted by molar-refractivity contribution is 5.39. The Kier molecular flexibility index (Phi) is 4.24. The molecule has 2 nitrogen and oxygen atoms in total. The average molecular weight is 229 g/mol. The summed E-state index contributed by atoms with van der Waals surface area (Å²) in [5.74, 6) is -0.148. The molecule has 0 saturated heterocycles. The fraction of sp³-hybridized carbons (Fsp3) is 0.500. The number of rotatable bonds is 5. The van der Waals surface area contributed by atoms with Crippen LogP contribution in [-0.4, -0.2) is 13.7 Å². The van der Waals surface area contributed by atoms with Crippen molar-refractivity contribution in [2.75, 3.05) is 13.7 Å². The smallest absolute Gasteiger partial charge is 0.151 e. The molecule has 1 rings (SSSR count). The van der Waals surface area contributed by atoms with Gasteiger partial charge in [-0.25, -0.2) is 8.78 Å².